The first-order valence-electron chi connectivity index (χ1n) is 13.0. The number of halogens is 9. The van der Waals surface area contributed by atoms with E-state index in [1.54, 1.807) is 11.8 Å². The normalized spacial score (nSPS) is 17.5. The quantitative estimate of drug-likeness (QED) is 0.233. The zero-order chi connectivity index (χ0) is 31.5. The van der Waals surface area contributed by atoms with Gasteiger partial charge >= 0.3 is 18.5 Å². The lowest BCUT2D eigenvalue weighted by Crippen LogP contribution is -2.53. The van der Waals surface area contributed by atoms with Crippen molar-refractivity contribution in [1.82, 2.24) is 15.0 Å². The Morgan fingerprint density at radius 1 is 0.884 bits per heavy atom. The number of fused-ring (bicyclic) bond motifs is 1. The molecule has 230 valence electrons. The minimum absolute atomic E-state index is 0.00658. The first-order chi connectivity index (χ1) is 19.9. The summed E-state index contributed by atoms with van der Waals surface area (Å²) in [5.74, 6) is -0.157. The maximum atomic E-state index is 13.9. The van der Waals surface area contributed by atoms with Crippen molar-refractivity contribution in [2.75, 3.05) is 29.4 Å². The second kappa shape index (κ2) is 10.6. The van der Waals surface area contributed by atoms with Gasteiger partial charge in [0.05, 0.1) is 33.8 Å². The first kappa shape index (κ1) is 30.4. The van der Waals surface area contributed by atoms with E-state index in [-0.39, 0.29) is 59.1 Å². The van der Waals surface area contributed by atoms with Crippen LogP contribution in [-0.4, -0.2) is 45.7 Å². The fraction of sp³-hybridized carbons (Fsp3) is 0.357. The van der Waals surface area contributed by atoms with Crippen LogP contribution in [0.3, 0.4) is 0 Å². The summed E-state index contributed by atoms with van der Waals surface area (Å²) in [6.07, 6.45) is -14.1. The molecule has 0 aliphatic carbocycles. The molecule has 5 rings (SSSR count). The number of piperazine rings is 1. The number of nitrogens with one attached hydrogen (secondary N) is 1. The number of benzene rings is 2. The minimum Gasteiger partial charge on any atom is -0.389 e. The highest BCUT2D eigenvalue weighted by atomic mass is 19.4. The van der Waals surface area contributed by atoms with Crippen molar-refractivity contribution in [3.8, 4) is 11.1 Å². The van der Waals surface area contributed by atoms with Crippen LogP contribution in [0, 0.1) is 0 Å². The Morgan fingerprint density at radius 3 is 2.09 bits per heavy atom. The monoisotopic (exact) mass is 617 g/mol. The molecule has 1 fully saturated rings. The van der Waals surface area contributed by atoms with Crippen LogP contribution in [0.5, 0.6) is 0 Å². The number of anilines is 2. The number of nitrogens with zero attached hydrogens (tertiary/aromatic N) is 4. The third-order valence-electron chi connectivity index (χ3n) is 7.31. The lowest BCUT2D eigenvalue weighted by molar-refractivity contribution is -0.138. The van der Waals surface area contributed by atoms with Crippen molar-refractivity contribution in [3.63, 3.8) is 0 Å². The average molecular weight is 618 g/mol. The number of H-pyrrole nitrogens is 1. The smallest absolute Gasteiger partial charge is 0.389 e. The second-order valence-corrected chi connectivity index (χ2v) is 10.4. The van der Waals surface area contributed by atoms with E-state index >= 15 is 0 Å². The maximum absolute atomic E-state index is 13.9. The van der Waals surface area contributed by atoms with Crippen LogP contribution < -0.4 is 9.80 Å². The van der Waals surface area contributed by atoms with Gasteiger partial charge in [0.2, 0.25) is 5.95 Å². The third kappa shape index (κ3) is 6.08. The molecule has 1 aliphatic rings. The van der Waals surface area contributed by atoms with Crippen molar-refractivity contribution < 1.29 is 44.6 Å². The molecule has 0 radical (unpaired) electrons. The van der Waals surface area contributed by atoms with E-state index in [4.69, 9.17) is 0 Å². The molecule has 0 unspecified atom stereocenters. The highest BCUT2D eigenvalue weighted by Crippen LogP contribution is 2.40. The fourth-order valence-corrected chi connectivity index (χ4v) is 5.09. The summed E-state index contributed by atoms with van der Waals surface area (Å²) < 4.78 is 122. The largest absolute Gasteiger partial charge is 0.419 e. The van der Waals surface area contributed by atoms with Crippen LogP contribution in [0.4, 0.5) is 51.3 Å². The second-order valence-electron chi connectivity index (χ2n) is 10.4. The highest BCUT2D eigenvalue weighted by Gasteiger charge is 2.39. The highest BCUT2D eigenvalue weighted by molar-refractivity contribution is 5.94. The summed E-state index contributed by atoms with van der Waals surface area (Å²) in [4.78, 5) is 14.4. The third-order valence-corrected chi connectivity index (χ3v) is 7.31. The molecule has 2 N–H and O–H groups in total. The van der Waals surface area contributed by atoms with E-state index in [0.29, 0.717) is 0 Å². The number of aliphatic hydroxyl groups is 1. The van der Waals surface area contributed by atoms with Gasteiger partial charge in [-0.3, -0.25) is 0 Å². The van der Waals surface area contributed by atoms with E-state index in [2.05, 4.69) is 15.0 Å². The Hall–Kier alpha value is -4.01. The molecule has 6 nitrogen and oxygen atoms in total. The molecule has 15 heteroatoms. The minimum atomic E-state index is -4.76. The molecule has 43 heavy (non-hydrogen) atoms. The summed E-state index contributed by atoms with van der Waals surface area (Å²) in [6, 6.07) is 5.73. The number of imidazole rings is 1. The van der Waals surface area contributed by atoms with Crippen molar-refractivity contribution >= 4 is 22.8 Å². The Morgan fingerprint density at radius 2 is 1.53 bits per heavy atom. The van der Waals surface area contributed by atoms with Gasteiger partial charge in [0.1, 0.15) is 5.82 Å². The van der Waals surface area contributed by atoms with Gasteiger partial charge in [-0.25, -0.2) is 9.97 Å². The number of aliphatic hydroxyl groups excluding tert-OH is 1. The van der Waals surface area contributed by atoms with Crippen LogP contribution in [0.2, 0.25) is 0 Å². The summed E-state index contributed by atoms with van der Waals surface area (Å²) >= 11 is 0. The van der Waals surface area contributed by atoms with E-state index in [1.165, 1.54) is 18.0 Å². The van der Waals surface area contributed by atoms with Crippen LogP contribution >= 0.6 is 0 Å². The molecule has 4 aromatic rings. The summed E-state index contributed by atoms with van der Waals surface area (Å²) in [5, 5.41) is 9.73. The number of rotatable bonds is 4. The zero-order valence-corrected chi connectivity index (χ0v) is 22.5. The molecular formula is C28H24F9N5O. The SMILES string of the molecule is C[C@H](O)c1cnc(N2CCN(c3nc4cc(C(F)(F)F)cc(-c5ccc(C(F)(F)F)cc5)c4[nH]3)[C@H](C)C2)c(C(F)(F)F)c1. The number of hydrogen-bond donors (Lipinski definition) is 2. The van der Waals surface area contributed by atoms with Gasteiger partial charge < -0.3 is 19.9 Å². The first-order valence-corrected chi connectivity index (χ1v) is 13.0. The van der Waals surface area contributed by atoms with E-state index in [1.807, 2.05) is 0 Å². The standard InChI is InChI=1S/C28H24F9N5O/c1-14-13-41(24-21(28(35,36)37)9-17(12-38-24)15(2)43)7-8-42(14)25-39-22-11-19(27(32,33)34)10-20(23(22)40-25)16-3-5-18(6-4-16)26(29,30)31/h3-6,9-12,14-15,43H,7-8,13H2,1-2H3,(H,39,40)/t14-,15+/m1/s1. The van der Waals surface area contributed by atoms with Crippen molar-refractivity contribution in [2.24, 2.45) is 0 Å². The van der Waals surface area contributed by atoms with Gasteiger partial charge in [-0.15, -0.1) is 0 Å². The number of hydrogen-bond acceptors (Lipinski definition) is 5. The Bertz CT molecular complexity index is 1630. The zero-order valence-electron chi connectivity index (χ0n) is 22.5. The summed E-state index contributed by atoms with van der Waals surface area (Å²) in [7, 11) is 0. The maximum Gasteiger partial charge on any atom is 0.419 e. The number of pyridine rings is 1. The number of aromatic nitrogens is 3. The topological polar surface area (TPSA) is 68.3 Å². The molecule has 2 atom stereocenters. The summed E-state index contributed by atoms with van der Waals surface area (Å²) in [5.41, 5.74) is -2.83. The van der Waals surface area contributed by atoms with Crippen LogP contribution in [0.1, 0.15) is 42.2 Å². The lowest BCUT2D eigenvalue weighted by atomic mass is 9.99. The molecule has 2 aromatic carbocycles. The summed E-state index contributed by atoms with van der Waals surface area (Å²) in [6.45, 7) is 3.27. The predicted molar refractivity (Wildman–Crippen MR) is 140 cm³/mol. The van der Waals surface area contributed by atoms with Crippen LogP contribution in [0.15, 0.2) is 48.7 Å². The van der Waals surface area contributed by atoms with Gasteiger partial charge in [0.15, 0.2) is 0 Å². The van der Waals surface area contributed by atoms with Gasteiger partial charge in [-0.2, -0.15) is 39.5 Å². The van der Waals surface area contributed by atoms with Crippen LogP contribution in [0.25, 0.3) is 22.2 Å². The van der Waals surface area contributed by atoms with E-state index in [9.17, 15) is 44.6 Å². The average Bonchev–Trinajstić information content (AvgIpc) is 3.34. The Labute approximate surface area is 238 Å². The molecular weight excluding hydrogens is 593 g/mol. The molecule has 0 bridgehead atoms. The fourth-order valence-electron chi connectivity index (χ4n) is 5.09. The molecule has 0 saturated carbocycles. The molecule has 3 heterocycles. The van der Waals surface area contributed by atoms with Crippen molar-refractivity contribution in [2.45, 2.75) is 44.5 Å². The molecule has 2 aromatic heterocycles. The lowest BCUT2D eigenvalue weighted by Gasteiger charge is -2.41. The Kier molecular flexibility index (Phi) is 7.51. The van der Waals surface area contributed by atoms with Gasteiger partial charge in [0.25, 0.3) is 0 Å². The van der Waals surface area contributed by atoms with E-state index < -0.39 is 47.4 Å². The van der Waals surface area contributed by atoms with Gasteiger partial charge in [0, 0.05) is 37.4 Å². The number of alkyl halides is 9. The molecule has 0 spiro atoms. The van der Waals surface area contributed by atoms with E-state index in [0.717, 1.165) is 42.5 Å². The Balaban J connectivity index is 1.49. The molecule has 1 aliphatic heterocycles. The number of aromatic amines is 1. The molecule has 1 saturated heterocycles. The molecule has 0 amide bonds. The van der Waals surface area contributed by atoms with Crippen molar-refractivity contribution in [3.05, 3.63) is 70.9 Å². The predicted octanol–water partition coefficient (Wildman–Crippen LogP) is 7.45. The van der Waals surface area contributed by atoms with Gasteiger partial charge in [-0.05, 0) is 55.3 Å². The van der Waals surface area contributed by atoms with Gasteiger partial charge in [-0.1, -0.05) is 12.1 Å². The van der Waals surface area contributed by atoms with Crippen LogP contribution in [-0.2, 0) is 18.5 Å². The van der Waals surface area contributed by atoms with Crippen molar-refractivity contribution in [1.29, 1.82) is 0 Å².